The number of halogens is 2. The van der Waals surface area contributed by atoms with Gasteiger partial charge in [-0.15, -0.1) is 0 Å². The first-order chi connectivity index (χ1) is 17.4. The molecule has 0 spiro atoms. The van der Waals surface area contributed by atoms with Crippen molar-refractivity contribution in [2.75, 3.05) is 19.7 Å². The molecule has 9 nitrogen and oxygen atoms in total. The molecule has 2 rings (SSSR count). The molecule has 1 unspecified atom stereocenters. The molecule has 0 aliphatic rings. The third-order valence-corrected chi connectivity index (χ3v) is 5.79. The van der Waals surface area contributed by atoms with Crippen LogP contribution in [0, 0.1) is 18.6 Å². The number of aryl methyl sites for hydroxylation is 1. The minimum absolute atomic E-state index is 0.127. The standard InChI is InChI=1S/C26H34F2N2O7/c1-4-6-30(7-5-2)25(36)18-9-15(3)8-17(10-18)24(35)29-26(37,23(34)21(32)14-31)22(33)16-11-19(27)13-20(28)12-16/h8-13,21-23,31-34,37H,4-7,14H2,1-3H3,(H,29,35)/t21-,22?,23+,26+/m1/s1. The summed E-state index contributed by atoms with van der Waals surface area (Å²) < 4.78 is 27.5. The molecule has 0 radical (unpaired) electrons. The first kappa shape index (κ1) is 30.3. The summed E-state index contributed by atoms with van der Waals surface area (Å²) in [6.45, 7) is 5.42. The van der Waals surface area contributed by atoms with Crippen LogP contribution >= 0.6 is 0 Å². The number of hydrogen-bond donors (Lipinski definition) is 6. The minimum atomic E-state index is -3.11. The maximum Gasteiger partial charge on any atom is 0.253 e. The first-order valence-electron chi connectivity index (χ1n) is 11.9. The zero-order chi connectivity index (χ0) is 27.9. The number of amides is 2. The Morgan fingerprint density at radius 3 is 2.00 bits per heavy atom. The van der Waals surface area contributed by atoms with Crippen molar-refractivity contribution in [1.29, 1.82) is 0 Å². The molecule has 0 heterocycles. The summed E-state index contributed by atoms with van der Waals surface area (Å²) in [6.07, 6.45) is -5.33. The van der Waals surface area contributed by atoms with Crippen LogP contribution in [-0.2, 0) is 0 Å². The molecule has 204 valence electrons. The molecular formula is C26H34F2N2O7. The molecule has 37 heavy (non-hydrogen) atoms. The summed E-state index contributed by atoms with van der Waals surface area (Å²) in [4.78, 5) is 27.9. The van der Waals surface area contributed by atoms with Crippen molar-refractivity contribution in [2.45, 2.75) is 57.6 Å². The van der Waals surface area contributed by atoms with Crippen LogP contribution in [0.4, 0.5) is 8.78 Å². The van der Waals surface area contributed by atoms with E-state index < -0.39 is 53.7 Å². The molecule has 0 saturated carbocycles. The van der Waals surface area contributed by atoms with Gasteiger partial charge in [-0.1, -0.05) is 13.8 Å². The molecule has 6 N–H and O–H groups in total. The van der Waals surface area contributed by atoms with Gasteiger partial charge in [0.05, 0.1) is 6.61 Å². The molecular weight excluding hydrogens is 490 g/mol. The number of carbonyl (C=O) groups excluding carboxylic acids is 2. The second-order valence-corrected chi connectivity index (χ2v) is 8.96. The van der Waals surface area contributed by atoms with Crippen LogP contribution < -0.4 is 5.32 Å². The highest BCUT2D eigenvalue weighted by Gasteiger charge is 2.48. The van der Waals surface area contributed by atoms with E-state index in [0.717, 1.165) is 12.8 Å². The molecule has 0 fully saturated rings. The van der Waals surface area contributed by atoms with Gasteiger partial charge in [0.25, 0.3) is 11.8 Å². The normalized spacial score (nSPS) is 15.4. The predicted octanol–water partition coefficient (Wildman–Crippen LogP) is 1.40. The summed E-state index contributed by atoms with van der Waals surface area (Å²) in [5, 5.41) is 53.7. The third-order valence-electron chi connectivity index (χ3n) is 5.79. The lowest BCUT2D eigenvalue weighted by atomic mass is 9.90. The van der Waals surface area contributed by atoms with Gasteiger partial charge in [-0.3, -0.25) is 9.59 Å². The molecule has 2 aromatic carbocycles. The van der Waals surface area contributed by atoms with Crippen LogP contribution in [0.1, 0.15) is 64.6 Å². The first-order valence-corrected chi connectivity index (χ1v) is 11.9. The van der Waals surface area contributed by atoms with Gasteiger partial charge in [-0.05, 0) is 61.2 Å². The van der Waals surface area contributed by atoms with E-state index in [9.17, 15) is 43.9 Å². The summed E-state index contributed by atoms with van der Waals surface area (Å²) in [5.74, 6) is -3.60. The third kappa shape index (κ3) is 7.30. The average molecular weight is 525 g/mol. The smallest absolute Gasteiger partial charge is 0.253 e. The maximum absolute atomic E-state index is 13.8. The lowest BCUT2D eigenvalue weighted by Crippen LogP contribution is -2.64. The highest BCUT2D eigenvalue weighted by atomic mass is 19.1. The Bertz CT molecular complexity index is 1070. The molecule has 4 atom stereocenters. The Kier molecular flexibility index (Phi) is 10.6. The van der Waals surface area contributed by atoms with E-state index in [2.05, 4.69) is 0 Å². The Morgan fingerprint density at radius 2 is 1.49 bits per heavy atom. The van der Waals surface area contributed by atoms with Crippen LogP contribution in [0.25, 0.3) is 0 Å². The molecule has 0 aromatic heterocycles. The fraction of sp³-hybridized carbons (Fsp3) is 0.462. The number of aliphatic hydroxyl groups excluding tert-OH is 4. The van der Waals surface area contributed by atoms with Gasteiger partial charge in [-0.25, -0.2) is 8.78 Å². The van der Waals surface area contributed by atoms with Gasteiger partial charge < -0.3 is 35.7 Å². The van der Waals surface area contributed by atoms with Crippen molar-refractivity contribution in [3.05, 3.63) is 70.3 Å². The molecule has 2 aromatic rings. The topological polar surface area (TPSA) is 151 Å². The Hall–Kier alpha value is -2.96. The Balaban J connectivity index is 2.49. The quantitative estimate of drug-likeness (QED) is 0.230. The van der Waals surface area contributed by atoms with E-state index in [1.165, 1.54) is 12.1 Å². The van der Waals surface area contributed by atoms with Crippen LogP contribution in [0.2, 0.25) is 0 Å². The number of benzene rings is 2. The summed E-state index contributed by atoms with van der Waals surface area (Å²) in [5.41, 5.74) is -3.07. The second kappa shape index (κ2) is 13.0. The van der Waals surface area contributed by atoms with E-state index in [0.29, 0.717) is 36.9 Å². The van der Waals surface area contributed by atoms with Gasteiger partial charge in [0.15, 0.2) is 5.72 Å². The Morgan fingerprint density at radius 1 is 0.946 bits per heavy atom. The lowest BCUT2D eigenvalue weighted by Gasteiger charge is -2.39. The van der Waals surface area contributed by atoms with Crippen LogP contribution in [0.3, 0.4) is 0 Å². The minimum Gasteiger partial charge on any atom is -0.394 e. The molecule has 0 saturated heterocycles. The fourth-order valence-corrected chi connectivity index (χ4v) is 4.01. The van der Waals surface area contributed by atoms with Gasteiger partial charge in [0.2, 0.25) is 0 Å². The maximum atomic E-state index is 13.8. The fourth-order valence-electron chi connectivity index (χ4n) is 4.01. The molecule has 11 heteroatoms. The van der Waals surface area contributed by atoms with Crippen molar-refractivity contribution >= 4 is 11.8 Å². The summed E-state index contributed by atoms with van der Waals surface area (Å²) in [7, 11) is 0. The van der Waals surface area contributed by atoms with Gasteiger partial charge in [0, 0.05) is 30.3 Å². The zero-order valence-corrected chi connectivity index (χ0v) is 21.0. The van der Waals surface area contributed by atoms with Crippen molar-refractivity contribution in [1.82, 2.24) is 10.2 Å². The highest BCUT2D eigenvalue weighted by molar-refractivity contribution is 6.00. The number of nitrogens with one attached hydrogen (secondary N) is 1. The van der Waals surface area contributed by atoms with Crippen LogP contribution in [0.15, 0.2) is 36.4 Å². The number of carbonyl (C=O) groups is 2. The molecule has 0 aliphatic heterocycles. The molecule has 0 aliphatic carbocycles. The van der Waals surface area contributed by atoms with E-state index in [1.807, 2.05) is 19.2 Å². The SMILES string of the molecule is CCCN(CCC)C(=O)c1cc(C)cc(C(=O)N[C@](O)(C(O)c2cc(F)cc(F)c2)[C@@H](O)[C@H](O)CO)c1. The Labute approximate surface area is 214 Å². The highest BCUT2D eigenvalue weighted by Crippen LogP contribution is 2.30. The van der Waals surface area contributed by atoms with E-state index >= 15 is 0 Å². The molecule has 2 amide bonds. The van der Waals surface area contributed by atoms with Gasteiger partial charge in [0.1, 0.15) is 29.9 Å². The summed E-state index contributed by atoms with van der Waals surface area (Å²) >= 11 is 0. The van der Waals surface area contributed by atoms with Crippen molar-refractivity contribution in [3.8, 4) is 0 Å². The monoisotopic (exact) mass is 524 g/mol. The van der Waals surface area contributed by atoms with Crippen molar-refractivity contribution < 1.29 is 43.9 Å². The number of aliphatic hydroxyl groups is 5. The number of hydrogen-bond acceptors (Lipinski definition) is 7. The van der Waals surface area contributed by atoms with Crippen molar-refractivity contribution in [2.24, 2.45) is 0 Å². The summed E-state index contributed by atoms with van der Waals surface area (Å²) in [6, 6.07) is 6.09. The number of nitrogens with zero attached hydrogens (tertiary/aromatic N) is 1. The van der Waals surface area contributed by atoms with Crippen LogP contribution in [0.5, 0.6) is 0 Å². The van der Waals surface area contributed by atoms with Crippen molar-refractivity contribution in [3.63, 3.8) is 0 Å². The van der Waals surface area contributed by atoms with Crippen LogP contribution in [-0.4, -0.2) is 79.9 Å². The largest absolute Gasteiger partial charge is 0.394 e. The zero-order valence-electron chi connectivity index (χ0n) is 21.0. The predicted molar refractivity (Wildman–Crippen MR) is 130 cm³/mol. The number of rotatable bonds is 12. The average Bonchev–Trinajstić information content (AvgIpc) is 2.85. The van der Waals surface area contributed by atoms with E-state index in [4.69, 9.17) is 0 Å². The lowest BCUT2D eigenvalue weighted by molar-refractivity contribution is -0.195. The molecule has 0 bridgehead atoms. The second-order valence-electron chi connectivity index (χ2n) is 8.96. The van der Waals surface area contributed by atoms with E-state index in [1.54, 1.807) is 17.9 Å². The van der Waals surface area contributed by atoms with Gasteiger partial charge in [-0.2, -0.15) is 0 Å². The van der Waals surface area contributed by atoms with E-state index in [-0.39, 0.29) is 17.0 Å². The van der Waals surface area contributed by atoms with Gasteiger partial charge >= 0.3 is 0 Å².